The van der Waals surface area contributed by atoms with Crippen LogP contribution in [0.1, 0.15) is 16.7 Å². The predicted molar refractivity (Wildman–Crippen MR) is 111 cm³/mol. The van der Waals surface area contributed by atoms with Crippen molar-refractivity contribution in [3.63, 3.8) is 0 Å². The average molecular weight is 425 g/mol. The Morgan fingerprint density at radius 1 is 1.14 bits per heavy atom. The highest BCUT2D eigenvalue weighted by Crippen LogP contribution is 2.21. The zero-order valence-corrected chi connectivity index (χ0v) is 17.8. The van der Waals surface area contributed by atoms with E-state index in [1.807, 2.05) is 44.2 Å². The van der Waals surface area contributed by atoms with Crippen molar-refractivity contribution in [1.29, 1.82) is 0 Å². The Labute approximate surface area is 171 Å². The first kappa shape index (κ1) is 22.2. The van der Waals surface area contributed by atoms with E-state index in [9.17, 15) is 13.2 Å². The zero-order chi connectivity index (χ0) is 20.7. The van der Waals surface area contributed by atoms with Gasteiger partial charge in [0.2, 0.25) is 15.9 Å². The fourth-order valence-corrected chi connectivity index (χ4v) is 3.33. The third-order valence-corrected chi connectivity index (χ3v) is 5.71. The van der Waals surface area contributed by atoms with Gasteiger partial charge in [0.1, 0.15) is 12.4 Å². The highest BCUT2D eigenvalue weighted by Gasteiger charge is 2.20. The first-order valence-electron chi connectivity index (χ1n) is 8.81. The van der Waals surface area contributed by atoms with Gasteiger partial charge < -0.3 is 10.1 Å². The number of hydrogen-bond donors (Lipinski definition) is 1. The van der Waals surface area contributed by atoms with Crippen LogP contribution in [0.2, 0.25) is 5.02 Å². The first-order valence-corrected chi connectivity index (χ1v) is 11.0. The van der Waals surface area contributed by atoms with Crippen molar-refractivity contribution in [3.05, 3.63) is 64.2 Å². The number of amides is 1. The molecule has 0 saturated carbocycles. The fourth-order valence-electron chi connectivity index (χ4n) is 2.43. The summed E-state index contributed by atoms with van der Waals surface area (Å²) in [4.78, 5) is 12.2. The van der Waals surface area contributed by atoms with Gasteiger partial charge in [0.05, 0.1) is 19.3 Å². The largest absolute Gasteiger partial charge is 0.492 e. The number of carbonyl (C=O) groups is 1. The van der Waals surface area contributed by atoms with Crippen molar-refractivity contribution >= 4 is 27.5 Å². The Morgan fingerprint density at radius 2 is 1.82 bits per heavy atom. The molecule has 8 heteroatoms. The van der Waals surface area contributed by atoms with Crippen LogP contribution in [-0.2, 0) is 21.4 Å². The zero-order valence-electron chi connectivity index (χ0n) is 16.2. The van der Waals surface area contributed by atoms with E-state index < -0.39 is 10.0 Å². The lowest BCUT2D eigenvalue weighted by atomic mass is 10.1. The van der Waals surface area contributed by atoms with Gasteiger partial charge in [0.15, 0.2) is 0 Å². The van der Waals surface area contributed by atoms with E-state index in [0.717, 1.165) is 27.3 Å². The highest BCUT2D eigenvalue weighted by molar-refractivity contribution is 7.88. The molecule has 0 spiro atoms. The van der Waals surface area contributed by atoms with Crippen molar-refractivity contribution in [3.8, 4) is 5.75 Å². The van der Waals surface area contributed by atoms with Crippen LogP contribution in [0.25, 0.3) is 0 Å². The lowest BCUT2D eigenvalue weighted by Crippen LogP contribution is -2.40. The molecular formula is C20H25ClN2O4S. The molecule has 6 nitrogen and oxygen atoms in total. The lowest BCUT2D eigenvalue weighted by molar-refractivity contribution is -0.121. The number of ether oxygens (including phenoxy) is 1. The van der Waals surface area contributed by atoms with Gasteiger partial charge in [0.25, 0.3) is 0 Å². The minimum atomic E-state index is -3.52. The number of rotatable bonds is 9. The molecule has 0 heterocycles. The summed E-state index contributed by atoms with van der Waals surface area (Å²) in [5.41, 5.74) is 2.86. The molecule has 1 N–H and O–H groups in total. The highest BCUT2D eigenvalue weighted by atomic mass is 35.5. The molecule has 2 aromatic rings. The monoisotopic (exact) mass is 424 g/mol. The molecule has 2 aromatic carbocycles. The van der Waals surface area contributed by atoms with E-state index in [1.165, 1.54) is 0 Å². The minimum absolute atomic E-state index is 0.144. The second-order valence-electron chi connectivity index (χ2n) is 6.63. The summed E-state index contributed by atoms with van der Waals surface area (Å²) in [5.74, 6) is 0.227. The minimum Gasteiger partial charge on any atom is -0.492 e. The van der Waals surface area contributed by atoms with E-state index in [0.29, 0.717) is 10.8 Å². The second kappa shape index (κ2) is 9.91. The van der Waals surface area contributed by atoms with Gasteiger partial charge in [-0.1, -0.05) is 47.5 Å². The van der Waals surface area contributed by atoms with E-state index >= 15 is 0 Å². The maximum absolute atomic E-state index is 12.2. The van der Waals surface area contributed by atoms with E-state index in [2.05, 4.69) is 5.32 Å². The van der Waals surface area contributed by atoms with Crippen molar-refractivity contribution in [2.75, 3.05) is 26.0 Å². The first-order chi connectivity index (χ1) is 13.1. The number of benzene rings is 2. The average Bonchev–Trinajstić information content (AvgIpc) is 2.62. The van der Waals surface area contributed by atoms with Crippen molar-refractivity contribution < 1.29 is 17.9 Å². The maximum atomic E-state index is 12.2. The Kier molecular flexibility index (Phi) is 7.86. The number of sulfonamides is 1. The molecule has 28 heavy (non-hydrogen) atoms. The van der Waals surface area contributed by atoms with E-state index in [-0.39, 0.29) is 32.1 Å². The normalized spacial score (nSPS) is 11.5. The molecule has 2 rings (SSSR count). The van der Waals surface area contributed by atoms with E-state index in [1.54, 1.807) is 12.1 Å². The Balaban J connectivity index is 1.84. The van der Waals surface area contributed by atoms with Gasteiger partial charge in [-0.05, 0) is 37.1 Å². The van der Waals surface area contributed by atoms with Crippen molar-refractivity contribution in [1.82, 2.24) is 9.62 Å². The molecule has 1 amide bonds. The second-order valence-corrected chi connectivity index (χ2v) is 9.02. The summed E-state index contributed by atoms with van der Waals surface area (Å²) in [7, 11) is -3.52. The lowest BCUT2D eigenvalue weighted by Gasteiger charge is -2.19. The van der Waals surface area contributed by atoms with Crippen LogP contribution in [0, 0.1) is 13.8 Å². The Morgan fingerprint density at radius 3 is 2.43 bits per heavy atom. The number of hydrogen-bond acceptors (Lipinski definition) is 4. The summed E-state index contributed by atoms with van der Waals surface area (Å²) in [6.07, 6.45) is 1.10. The Hall–Kier alpha value is -2.09. The molecule has 0 atom stereocenters. The number of carbonyl (C=O) groups excluding carboxylic acids is 1. The predicted octanol–water partition coefficient (Wildman–Crippen LogP) is 2.91. The van der Waals surface area contributed by atoms with Crippen LogP contribution in [-0.4, -0.2) is 44.6 Å². The summed E-state index contributed by atoms with van der Waals surface area (Å²) >= 11 is 6.04. The molecule has 0 bridgehead atoms. The molecule has 152 valence electrons. The summed E-state index contributed by atoms with van der Waals surface area (Å²) in [5, 5.41) is 3.29. The van der Waals surface area contributed by atoms with Crippen LogP contribution in [0.5, 0.6) is 5.75 Å². The number of aryl methyl sites for hydroxylation is 2. The van der Waals surface area contributed by atoms with Gasteiger partial charge in [-0.25, -0.2) is 8.42 Å². The van der Waals surface area contributed by atoms with E-state index in [4.69, 9.17) is 16.3 Å². The fraction of sp³-hybridized carbons (Fsp3) is 0.350. The quantitative estimate of drug-likeness (QED) is 0.628. The van der Waals surface area contributed by atoms with Crippen LogP contribution in [0.3, 0.4) is 0 Å². The molecule has 0 aliphatic rings. The molecule has 0 radical (unpaired) electrons. The number of nitrogens with zero attached hydrogens (tertiary/aromatic N) is 1. The molecule has 0 saturated heterocycles. The van der Waals surface area contributed by atoms with Crippen molar-refractivity contribution in [2.24, 2.45) is 0 Å². The smallest absolute Gasteiger partial charge is 0.235 e. The Bertz CT molecular complexity index is 914. The van der Waals surface area contributed by atoms with Gasteiger partial charge in [-0.3, -0.25) is 4.79 Å². The summed E-state index contributed by atoms with van der Waals surface area (Å²) < 4.78 is 30.7. The molecule has 0 unspecified atom stereocenters. The van der Waals surface area contributed by atoms with Crippen LogP contribution < -0.4 is 10.1 Å². The van der Waals surface area contributed by atoms with Gasteiger partial charge >= 0.3 is 0 Å². The van der Waals surface area contributed by atoms with Gasteiger partial charge in [-0.15, -0.1) is 0 Å². The molecule has 0 aliphatic carbocycles. The third kappa shape index (κ3) is 7.14. The van der Waals surface area contributed by atoms with Crippen molar-refractivity contribution in [2.45, 2.75) is 20.4 Å². The molecule has 0 aromatic heterocycles. The summed E-state index contributed by atoms with van der Waals surface area (Å²) in [6.45, 7) is 4.26. The van der Waals surface area contributed by atoms with Crippen LogP contribution >= 0.6 is 11.6 Å². The topological polar surface area (TPSA) is 75.7 Å². The maximum Gasteiger partial charge on any atom is 0.235 e. The standard InChI is InChI=1S/C20H25ClN2O4S/c1-15-4-7-17(8-5-15)13-23(28(3,25)26)14-20(24)22-10-11-27-18-9-6-16(2)19(21)12-18/h4-9,12H,10-11,13-14H2,1-3H3,(H,22,24). The number of halogens is 1. The van der Waals surface area contributed by atoms with Gasteiger partial charge in [-0.2, -0.15) is 4.31 Å². The van der Waals surface area contributed by atoms with Crippen LogP contribution in [0.15, 0.2) is 42.5 Å². The molecular weight excluding hydrogens is 400 g/mol. The van der Waals surface area contributed by atoms with Crippen LogP contribution in [0.4, 0.5) is 0 Å². The molecule has 0 aliphatic heterocycles. The third-order valence-electron chi connectivity index (χ3n) is 4.10. The van der Waals surface area contributed by atoms with Gasteiger partial charge in [0, 0.05) is 11.6 Å². The number of nitrogens with one attached hydrogen (secondary N) is 1. The SMILES string of the molecule is Cc1ccc(CN(CC(=O)NCCOc2ccc(C)c(Cl)c2)S(C)(=O)=O)cc1. The molecule has 0 fully saturated rings. The summed E-state index contributed by atoms with van der Waals surface area (Å²) in [6, 6.07) is 12.9.